The molecule has 3 rings (SSSR count). The van der Waals surface area contributed by atoms with Crippen LogP contribution in [-0.4, -0.2) is 15.2 Å². The molecule has 0 amide bonds. The number of hydrogen-bond donors (Lipinski definition) is 1. The maximum Gasteiger partial charge on any atom is 0.191 e. The molecule has 0 aliphatic heterocycles. The van der Waals surface area contributed by atoms with Gasteiger partial charge in [-0.1, -0.05) is 25.6 Å². The Morgan fingerprint density at radius 1 is 1.22 bits per heavy atom. The zero-order chi connectivity index (χ0) is 12.7. The van der Waals surface area contributed by atoms with Crippen LogP contribution in [-0.2, 0) is 12.8 Å². The number of fused-ring (bicyclic) bond motifs is 3. The molecular formula is C13H17N3S2. The van der Waals surface area contributed by atoms with E-state index in [9.17, 15) is 0 Å². The van der Waals surface area contributed by atoms with Gasteiger partial charge >= 0.3 is 0 Å². The number of aromatic nitrogens is 2. The van der Waals surface area contributed by atoms with Crippen LogP contribution in [0.3, 0.4) is 0 Å². The highest BCUT2D eigenvalue weighted by Gasteiger charge is 2.20. The molecule has 0 radical (unpaired) electrons. The molecule has 2 N–H and O–H groups in total. The van der Waals surface area contributed by atoms with Gasteiger partial charge in [0.05, 0.1) is 5.39 Å². The second-order valence-electron chi connectivity index (χ2n) is 4.95. The minimum atomic E-state index is 0.483. The Morgan fingerprint density at radius 3 is 2.78 bits per heavy atom. The highest BCUT2D eigenvalue weighted by atomic mass is 32.2. The summed E-state index contributed by atoms with van der Waals surface area (Å²) in [5, 5.41) is 2.42. The number of nitrogens with two attached hydrogens (primary N) is 1. The summed E-state index contributed by atoms with van der Waals surface area (Å²) in [6.45, 7) is 4.29. The Bertz CT molecular complexity index is 589. The van der Waals surface area contributed by atoms with Crippen molar-refractivity contribution in [3.05, 3.63) is 10.4 Å². The molecule has 0 saturated heterocycles. The predicted octanol–water partition coefficient (Wildman–Crippen LogP) is 3.65. The molecular weight excluding hydrogens is 262 g/mol. The van der Waals surface area contributed by atoms with Crippen LogP contribution in [0.2, 0.25) is 0 Å². The quantitative estimate of drug-likeness (QED) is 0.673. The maximum absolute atomic E-state index is 6.14. The smallest absolute Gasteiger partial charge is 0.191 e. The van der Waals surface area contributed by atoms with E-state index >= 15 is 0 Å². The molecule has 0 fully saturated rings. The molecule has 3 nitrogen and oxygen atoms in total. The van der Waals surface area contributed by atoms with Gasteiger partial charge in [-0.15, -0.1) is 11.3 Å². The summed E-state index contributed by atoms with van der Waals surface area (Å²) in [5.41, 5.74) is 7.56. The van der Waals surface area contributed by atoms with Crippen molar-refractivity contribution in [2.24, 2.45) is 0 Å². The molecule has 18 heavy (non-hydrogen) atoms. The second-order valence-corrected chi connectivity index (χ2v) is 7.58. The van der Waals surface area contributed by atoms with Crippen molar-refractivity contribution in [2.75, 3.05) is 5.73 Å². The van der Waals surface area contributed by atoms with Gasteiger partial charge in [-0.05, 0) is 31.2 Å². The lowest BCUT2D eigenvalue weighted by Gasteiger charge is -2.10. The van der Waals surface area contributed by atoms with Gasteiger partial charge in [0.2, 0.25) is 0 Å². The van der Waals surface area contributed by atoms with Gasteiger partial charge in [0.25, 0.3) is 0 Å². The van der Waals surface area contributed by atoms with Gasteiger partial charge in [-0.2, -0.15) is 0 Å². The molecule has 5 heteroatoms. The number of rotatable bonds is 2. The van der Waals surface area contributed by atoms with E-state index < -0.39 is 0 Å². The number of hydrogen-bond acceptors (Lipinski definition) is 5. The van der Waals surface area contributed by atoms with Crippen molar-refractivity contribution in [1.29, 1.82) is 0 Å². The Labute approximate surface area is 115 Å². The fourth-order valence-corrected chi connectivity index (χ4v) is 4.47. The van der Waals surface area contributed by atoms with E-state index in [1.165, 1.54) is 29.7 Å². The normalized spacial score (nSPS) is 15.3. The number of aryl methyl sites for hydroxylation is 2. The lowest BCUT2D eigenvalue weighted by molar-refractivity contribution is 0.700. The summed E-state index contributed by atoms with van der Waals surface area (Å²) in [4.78, 5) is 11.7. The fourth-order valence-electron chi connectivity index (χ4n) is 2.43. The molecule has 1 aliphatic rings. The van der Waals surface area contributed by atoms with Crippen molar-refractivity contribution >= 4 is 39.1 Å². The van der Waals surface area contributed by atoms with Crippen molar-refractivity contribution in [2.45, 2.75) is 49.9 Å². The number of thiophene rings is 1. The van der Waals surface area contributed by atoms with Crippen molar-refractivity contribution in [3.63, 3.8) is 0 Å². The van der Waals surface area contributed by atoms with Crippen LogP contribution in [0, 0.1) is 0 Å². The summed E-state index contributed by atoms with van der Waals surface area (Å²) < 4.78 is 0. The van der Waals surface area contributed by atoms with Gasteiger partial charge in [-0.25, -0.2) is 9.97 Å². The van der Waals surface area contributed by atoms with Crippen LogP contribution < -0.4 is 5.73 Å². The summed E-state index contributed by atoms with van der Waals surface area (Å²) in [6.07, 6.45) is 4.88. The molecule has 2 aromatic rings. The molecule has 0 unspecified atom stereocenters. The average molecular weight is 279 g/mol. The molecule has 2 heterocycles. The Hall–Kier alpha value is -0.810. The number of anilines is 1. The Kier molecular flexibility index (Phi) is 3.20. The highest BCUT2D eigenvalue weighted by Crippen LogP contribution is 2.38. The SMILES string of the molecule is CC(C)Sc1nc(N)c2c3c(sc2n1)CCCC3. The van der Waals surface area contributed by atoms with Gasteiger partial charge < -0.3 is 5.73 Å². The van der Waals surface area contributed by atoms with Crippen molar-refractivity contribution < 1.29 is 0 Å². The second kappa shape index (κ2) is 4.70. The Balaban J connectivity index is 2.14. The average Bonchev–Trinajstić information content (AvgIpc) is 2.66. The number of thioether (sulfide) groups is 1. The predicted molar refractivity (Wildman–Crippen MR) is 79.5 cm³/mol. The van der Waals surface area contributed by atoms with Crippen LogP contribution in [0.1, 0.15) is 37.1 Å². The largest absolute Gasteiger partial charge is 0.383 e. The van der Waals surface area contributed by atoms with E-state index in [2.05, 4.69) is 23.8 Å². The molecule has 96 valence electrons. The first-order valence-electron chi connectivity index (χ1n) is 6.39. The standard InChI is InChI=1S/C13H17N3S2/c1-7(2)17-13-15-11(14)10-8-5-3-4-6-9(8)18-12(10)16-13/h7H,3-6H2,1-2H3,(H2,14,15,16). The van der Waals surface area contributed by atoms with Gasteiger partial charge in [0.1, 0.15) is 10.6 Å². The molecule has 0 aromatic carbocycles. The van der Waals surface area contributed by atoms with E-state index in [0.717, 1.165) is 21.8 Å². The summed E-state index contributed by atoms with van der Waals surface area (Å²) in [7, 11) is 0. The first-order chi connectivity index (χ1) is 8.65. The maximum atomic E-state index is 6.14. The minimum Gasteiger partial charge on any atom is -0.383 e. The van der Waals surface area contributed by atoms with Crippen LogP contribution >= 0.6 is 23.1 Å². The van der Waals surface area contributed by atoms with Crippen LogP contribution in [0.5, 0.6) is 0 Å². The number of nitrogen functional groups attached to an aromatic ring is 1. The number of nitrogens with zero attached hydrogens (tertiary/aromatic N) is 2. The zero-order valence-electron chi connectivity index (χ0n) is 10.7. The molecule has 0 bridgehead atoms. The molecule has 2 aromatic heterocycles. The van der Waals surface area contributed by atoms with Crippen LogP contribution in [0.4, 0.5) is 5.82 Å². The van der Waals surface area contributed by atoms with Crippen molar-refractivity contribution in [3.8, 4) is 0 Å². The van der Waals surface area contributed by atoms with Crippen LogP contribution in [0.15, 0.2) is 5.16 Å². The molecule has 0 saturated carbocycles. The fraction of sp³-hybridized carbons (Fsp3) is 0.538. The monoisotopic (exact) mass is 279 g/mol. The van der Waals surface area contributed by atoms with Gasteiger partial charge in [0.15, 0.2) is 5.16 Å². The summed E-state index contributed by atoms with van der Waals surface area (Å²) >= 11 is 3.49. The lowest BCUT2D eigenvalue weighted by Crippen LogP contribution is -2.01. The zero-order valence-corrected chi connectivity index (χ0v) is 12.3. The van der Waals surface area contributed by atoms with E-state index in [1.54, 1.807) is 11.8 Å². The Morgan fingerprint density at radius 2 is 2.00 bits per heavy atom. The first-order valence-corrected chi connectivity index (χ1v) is 8.09. The van der Waals surface area contributed by atoms with E-state index in [4.69, 9.17) is 5.73 Å². The highest BCUT2D eigenvalue weighted by molar-refractivity contribution is 7.99. The van der Waals surface area contributed by atoms with E-state index in [-0.39, 0.29) is 0 Å². The third-order valence-corrected chi connectivity index (χ3v) is 5.21. The molecule has 0 atom stereocenters. The van der Waals surface area contributed by atoms with E-state index in [1.807, 2.05) is 11.3 Å². The topological polar surface area (TPSA) is 51.8 Å². The lowest BCUT2D eigenvalue weighted by atomic mass is 9.97. The third-order valence-electron chi connectivity index (χ3n) is 3.16. The molecule has 1 aliphatic carbocycles. The van der Waals surface area contributed by atoms with Gasteiger partial charge in [-0.3, -0.25) is 0 Å². The minimum absolute atomic E-state index is 0.483. The molecule has 0 spiro atoms. The summed E-state index contributed by atoms with van der Waals surface area (Å²) in [5.74, 6) is 0.669. The van der Waals surface area contributed by atoms with Crippen molar-refractivity contribution in [1.82, 2.24) is 9.97 Å². The van der Waals surface area contributed by atoms with Crippen LogP contribution in [0.25, 0.3) is 10.2 Å². The van der Waals surface area contributed by atoms with Gasteiger partial charge in [0, 0.05) is 10.1 Å². The first kappa shape index (κ1) is 12.2. The van der Waals surface area contributed by atoms with E-state index in [0.29, 0.717) is 11.1 Å². The third kappa shape index (κ3) is 2.10. The summed E-state index contributed by atoms with van der Waals surface area (Å²) in [6, 6.07) is 0.